The first kappa shape index (κ1) is 18.2. The summed E-state index contributed by atoms with van der Waals surface area (Å²) < 4.78 is 0. The molecule has 2 rings (SSSR count). The second-order valence-corrected chi connectivity index (χ2v) is 6.89. The van der Waals surface area contributed by atoms with Crippen molar-refractivity contribution in [2.45, 2.75) is 24.3 Å². The van der Waals surface area contributed by atoms with Gasteiger partial charge in [0.15, 0.2) is 5.69 Å². The van der Waals surface area contributed by atoms with Crippen molar-refractivity contribution in [1.29, 1.82) is 0 Å². The second kappa shape index (κ2) is 8.65. The van der Waals surface area contributed by atoms with Gasteiger partial charge in [0.1, 0.15) is 5.01 Å². The summed E-state index contributed by atoms with van der Waals surface area (Å²) >= 11 is 2.91. The highest BCUT2D eigenvalue weighted by Crippen LogP contribution is 2.31. The van der Waals surface area contributed by atoms with E-state index < -0.39 is 5.97 Å². The Hall–Kier alpha value is -2.12. The van der Waals surface area contributed by atoms with E-state index in [0.29, 0.717) is 22.7 Å². The van der Waals surface area contributed by atoms with Gasteiger partial charge in [-0.3, -0.25) is 4.79 Å². The summed E-state index contributed by atoms with van der Waals surface area (Å²) in [5.74, 6) is -1.17. The lowest BCUT2D eigenvalue weighted by Crippen LogP contribution is -2.22. The van der Waals surface area contributed by atoms with Crippen molar-refractivity contribution >= 4 is 35.0 Å². The maximum Gasteiger partial charge on any atom is 0.356 e. The number of amides is 1. The van der Waals surface area contributed by atoms with Crippen LogP contribution in [0.15, 0.2) is 41.8 Å². The van der Waals surface area contributed by atoms with Gasteiger partial charge in [0, 0.05) is 11.3 Å². The van der Waals surface area contributed by atoms with Crippen molar-refractivity contribution in [1.82, 2.24) is 10.3 Å². The number of nitrogens with zero attached hydrogens (tertiary/aromatic N) is 1. The molecule has 0 fully saturated rings. The Labute approximate surface area is 148 Å². The molecule has 0 spiro atoms. The van der Waals surface area contributed by atoms with Crippen LogP contribution in [0, 0.1) is 0 Å². The number of benzene rings is 1. The molecule has 5 nitrogen and oxygen atoms in total. The van der Waals surface area contributed by atoms with Gasteiger partial charge in [0.2, 0.25) is 5.91 Å². The number of carbonyl (C=O) groups is 2. The van der Waals surface area contributed by atoms with Gasteiger partial charge in [-0.15, -0.1) is 29.7 Å². The van der Waals surface area contributed by atoms with E-state index in [0.717, 1.165) is 10.5 Å². The molecule has 0 bridgehead atoms. The molecule has 2 N–H and O–H groups in total. The number of carbonyl (C=O) groups excluding carboxylic acids is 1. The van der Waals surface area contributed by atoms with Gasteiger partial charge in [-0.05, 0) is 30.4 Å². The number of nitrogens with one attached hydrogen (secondary N) is 1. The van der Waals surface area contributed by atoms with E-state index >= 15 is 0 Å². The Morgan fingerprint density at radius 2 is 2.08 bits per heavy atom. The molecule has 24 heavy (non-hydrogen) atoms. The lowest BCUT2D eigenvalue weighted by molar-refractivity contribution is -0.121. The maximum absolute atomic E-state index is 11.6. The first-order chi connectivity index (χ1) is 11.5. The van der Waals surface area contributed by atoms with Crippen molar-refractivity contribution in [3.63, 3.8) is 0 Å². The molecule has 0 aliphatic carbocycles. The number of aromatic nitrogens is 1. The van der Waals surface area contributed by atoms with Crippen molar-refractivity contribution < 1.29 is 14.7 Å². The molecule has 2 aromatic rings. The summed E-state index contributed by atoms with van der Waals surface area (Å²) in [6, 6.07) is 7.67. The number of carboxylic acids is 1. The molecule has 126 valence electrons. The third-order valence-corrected chi connectivity index (χ3v) is 5.09. The minimum absolute atomic E-state index is 0.0206. The molecule has 0 unspecified atom stereocenters. The van der Waals surface area contributed by atoms with Crippen LogP contribution in [0.5, 0.6) is 0 Å². The van der Waals surface area contributed by atoms with Crippen LogP contribution in [0.3, 0.4) is 0 Å². The van der Waals surface area contributed by atoms with Crippen LogP contribution in [0.4, 0.5) is 0 Å². The number of carboxylic acid groups (broad SMARTS) is 1. The summed E-state index contributed by atoms with van der Waals surface area (Å²) in [5, 5.41) is 12.7. The van der Waals surface area contributed by atoms with Crippen LogP contribution in [0.25, 0.3) is 10.4 Å². The Kier molecular flexibility index (Phi) is 6.57. The van der Waals surface area contributed by atoms with Crippen LogP contribution in [-0.2, 0) is 11.3 Å². The zero-order valence-corrected chi connectivity index (χ0v) is 14.9. The largest absolute Gasteiger partial charge is 0.476 e. The fraction of sp³-hybridized carbons (Fsp3) is 0.235. The zero-order chi connectivity index (χ0) is 17.5. The third kappa shape index (κ3) is 4.69. The third-order valence-electron chi connectivity index (χ3n) is 3.24. The smallest absolute Gasteiger partial charge is 0.356 e. The molecule has 1 amide bonds. The second-order valence-electron chi connectivity index (χ2n) is 4.92. The van der Waals surface area contributed by atoms with Crippen LogP contribution in [0.2, 0.25) is 0 Å². The number of allylic oxidation sites excluding steroid dienone is 1. The number of thioether (sulfide) groups is 1. The summed E-state index contributed by atoms with van der Waals surface area (Å²) in [7, 11) is 0. The maximum atomic E-state index is 11.6. The molecule has 0 atom stereocenters. The Balaban J connectivity index is 2.18. The highest BCUT2D eigenvalue weighted by Gasteiger charge is 2.19. The van der Waals surface area contributed by atoms with Gasteiger partial charge in [0.25, 0.3) is 0 Å². The van der Waals surface area contributed by atoms with Crippen LogP contribution >= 0.6 is 23.1 Å². The summed E-state index contributed by atoms with van der Waals surface area (Å²) in [4.78, 5) is 29.0. The Morgan fingerprint density at radius 3 is 2.67 bits per heavy atom. The number of hydrogen-bond donors (Lipinski definition) is 2. The first-order valence-corrected chi connectivity index (χ1v) is 9.34. The summed E-state index contributed by atoms with van der Waals surface area (Å²) in [5.41, 5.74) is 0.833. The van der Waals surface area contributed by atoms with E-state index in [9.17, 15) is 14.7 Å². The molecular weight excluding hydrogens is 344 g/mol. The fourth-order valence-electron chi connectivity index (χ4n) is 2.02. The van der Waals surface area contributed by atoms with Crippen molar-refractivity contribution in [2.24, 2.45) is 0 Å². The summed E-state index contributed by atoms with van der Waals surface area (Å²) in [6.45, 7) is 3.80. The lowest BCUT2D eigenvalue weighted by Gasteiger charge is -2.01. The van der Waals surface area contributed by atoms with Gasteiger partial charge in [-0.2, -0.15) is 0 Å². The van der Waals surface area contributed by atoms with Crippen molar-refractivity contribution in [3.8, 4) is 10.4 Å². The van der Waals surface area contributed by atoms with Crippen molar-refractivity contribution in [3.05, 3.63) is 47.6 Å². The van der Waals surface area contributed by atoms with Gasteiger partial charge >= 0.3 is 5.97 Å². The normalized spacial score (nSPS) is 10.4. The van der Waals surface area contributed by atoms with Crippen LogP contribution in [-0.4, -0.2) is 28.2 Å². The SMILES string of the molecule is C=CCCC(=O)NCc1nc(C(=O)O)c(-c2ccc(SC)cc2)s1. The van der Waals surface area contributed by atoms with E-state index in [1.165, 1.54) is 11.3 Å². The molecule has 0 saturated heterocycles. The van der Waals surface area contributed by atoms with E-state index in [1.54, 1.807) is 17.8 Å². The molecule has 1 aromatic heterocycles. The monoisotopic (exact) mass is 362 g/mol. The fourth-order valence-corrected chi connectivity index (χ4v) is 3.43. The van der Waals surface area contributed by atoms with Crippen LogP contribution < -0.4 is 5.32 Å². The van der Waals surface area contributed by atoms with Gasteiger partial charge in [-0.1, -0.05) is 18.2 Å². The predicted molar refractivity (Wildman–Crippen MR) is 97.6 cm³/mol. The van der Waals surface area contributed by atoms with Crippen molar-refractivity contribution in [2.75, 3.05) is 6.26 Å². The molecule has 0 aliphatic rings. The Morgan fingerprint density at radius 1 is 1.38 bits per heavy atom. The quantitative estimate of drug-likeness (QED) is 0.551. The number of aromatic carboxylic acids is 1. The zero-order valence-electron chi connectivity index (χ0n) is 13.2. The molecular formula is C17H18N2O3S2. The minimum Gasteiger partial charge on any atom is -0.476 e. The van der Waals surface area contributed by atoms with Crippen LogP contribution in [0.1, 0.15) is 28.3 Å². The standard InChI is InChI=1S/C17H18N2O3S2/c1-3-4-5-13(20)18-10-14-19-15(17(21)22)16(24-14)11-6-8-12(23-2)9-7-11/h3,6-9H,1,4-5,10H2,2H3,(H,18,20)(H,21,22). The average molecular weight is 362 g/mol. The first-order valence-electron chi connectivity index (χ1n) is 7.30. The highest BCUT2D eigenvalue weighted by atomic mass is 32.2. The number of hydrogen-bond acceptors (Lipinski definition) is 5. The lowest BCUT2D eigenvalue weighted by atomic mass is 10.1. The Bertz CT molecular complexity index is 739. The molecule has 0 saturated carbocycles. The molecule has 7 heteroatoms. The van der Waals surface area contributed by atoms with E-state index in [4.69, 9.17) is 0 Å². The van der Waals surface area contributed by atoms with Gasteiger partial charge in [-0.25, -0.2) is 9.78 Å². The number of thiazole rings is 1. The number of rotatable bonds is 8. The molecule has 0 aliphatic heterocycles. The predicted octanol–water partition coefficient (Wildman–Crippen LogP) is 3.81. The molecule has 1 aromatic carbocycles. The molecule has 0 radical (unpaired) electrons. The molecule has 1 heterocycles. The van der Waals surface area contributed by atoms with Gasteiger partial charge < -0.3 is 10.4 Å². The topological polar surface area (TPSA) is 79.3 Å². The highest BCUT2D eigenvalue weighted by molar-refractivity contribution is 7.98. The van der Waals surface area contributed by atoms with E-state index in [1.807, 2.05) is 30.5 Å². The van der Waals surface area contributed by atoms with E-state index in [-0.39, 0.29) is 18.1 Å². The average Bonchev–Trinajstić information content (AvgIpc) is 3.03. The minimum atomic E-state index is -1.07. The van der Waals surface area contributed by atoms with Gasteiger partial charge in [0.05, 0.1) is 11.4 Å². The van der Waals surface area contributed by atoms with E-state index in [2.05, 4.69) is 16.9 Å². The summed E-state index contributed by atoms with van der Waals surface area (Å²) in [6.07, 6.45) is 4.64.